The number of nitrogens with two attached hydrogens (primary N) is 1. The van der Waals surface area contributed by atoms with Gasteiger partial charge in [-0.1, -0.05) is 18.8 Å². The Bertz CT molecular complexity index is 556. The summed E-state index contributed by atoms with van der Waals surface area (Å²) in [6.45, 7) is 4.87. The molecule has 0 radical (unpaired) electrons. The number of rotatable bonds is 5. The van der Waals surface area contributed by atoms with Crippen LogP contribution in [0, 0.1) is 11.8 Å². The lowest BCUT2D eigenvalue weighted by Crippen LogP contribution is -2.35. The van der Waals surface area contributed by atoms with E-state index < -0.39 is 11.8 Å². The molecule has 6 heteroatoms. The quantitative estimate of drug-likeness (QED) is 0.512. The molecule has 1 fully saturated rings. The van der Waals surface area contributed by atoms with Crippen LogP contribution in [0.25, 0.3) is 0 Å². The number of aromatic nitrogens is 2. The van der Waals surface area contributed by atoms with Gasteiger partial charge in [-0.2, -0.15) is 0 Å². The summed E-state index contributed by atoms with van der Waals surface area (Å²) in [5.74, 6) is 6.01. The van der Waals surface area contributed by atoms with E-state index in [9.17, 15) is 0 Å². The zero-order chi connectivity index (χ0) is 16.0. The molecule has 0 atom stereocenters. The monoisotopic (exact) mass is 323 g/mol. The maximum Gasteiger partial charge on any atom is 0.222 e. The van der Waals surface area contributed by atoms with Crippen molar-refractivity contribution in [3.05, 3.63) is 22.7 Å². The van der Waals surface area contributed by atoms with Gasteiger partial charge in [-0.15, -0.1) is 0 Å². The van der Waals surface area contributed by atoms with Crippen LogP contribution in [0.1, 0.15) is 50.8 Å². The Balaban J connectivity index is 2.31. The van der Waals surface area contributed by atoms with Crippen LogP contribution in [-0.4, -0.2) is 29.5 Å². The van der Waals surface area contributed by atoms with Crippen molar-refractivity contribution in [1.82, 2.24) is 9.97 Å². The molecule has 1 saturated carbocycles. The molecule has 0 bridgehead atoms. The molecule has 120 valence electrons. The van der Waals surface area contributed by atoms with Crippen LogP contribution in [0.5, 0.6) is 0 Å². The van der Waals surface area contributed by atoms with E-state index in [0.29, 0.717) is 18.8 Å². The molecule has 1 aromatic rings. The number of hydrogen-bond acceptors (Lipinski definition) is 5. The fourth-order valence-corrected chi connectivity index (χ4v) is 2.78. The van der Waals surface area contributed by atoms with Crippen LogP contribution in [0.15, 0.2) is 6.20 Å². The van der Waals surface area contributed by atoms with Crippen molar-refractivity contribution in [2.45, 2.75) is 51.4 Å². The van der Waals surface area contributed by atoms with Gasteiger partial charge in [0.05, 0.1) is 16.8 Å². The standard InChI is InChI=1S/C16H22ClN3O2/c1-3-21-13(22-4-2)8-7-12-11-19-15(17)20-14(12)16(18)9-5-6-10-16/h11,13H,3-6,9-10,18H2,1-2H3. The molecule has 0 unspecified atom stereocenters. The van der Waals surface area contributed by atoms with Crippen molar-refractivity contribution in [2.24, 2.45) is 5.73 Å². The highest BCUT2D eigenvalue weighted by molar-refractivity contribution is 6.28. The molecule has 1 aliphatic rings. The van der Waals surface area contributed by atoms with Gasteiger partial charge in [0.1, 0.15) is 0 Å². The molecule has 2 rings (SSSR count). The van der Waals surface area contributed by atoms with E-state index in [1.54, 1.807) is 6.20 Å². The summed E-state index contributed by atoms with van der Waals surface area (Å²) in [4.78, 5) is 8.37. The molecule has 0 amide bonds. The molecular formula is C16H22ClN3O2. The van der Waals surface area contributed by atoms with E-state index in [4.69, 9.17) is 26.8 Å². The second-order valence-electron chi connectivity index (χ2n) is 5.28. The Morgan fingerprint density at radius 1 is 1.32 bits per heavy atom. The molecule has 2 N–H and O–H groups in total. The summed E-state index contributed by atoms with van der Waals surface area (Å²) in [6, 6.07) is 0. The first-order valence-corrected chi connectivity index (χ1v) is 8.03. The van der Waals surface area contributed by atoms with E-state index >= 15 is 0 Å². The van der Waals surface area contributed by atoms with Gasteiger partial charge in [0.2, 0.25) is 11.6 Å². The van der Waals surface area contributed by atoms with Gasteiger partial charge in [-0.3, -0.25) is 0 Å². The van der Waals surface area contributed by atoms with Gasteiger partial charge in [-0.25, -0.2) is 9.97 Å². The second kappa shape index (κ2) is 7.89. The van der Waals surface area contributed by atoms with Crippen LogP contribution in [0.4, 0.5) is 0 Å². The number of halogens is 1. The van der Waals surface area contributed by atoms with Gasteiger partial charge in [0.25, 0.3) is 0 Å². The first-order chi connectivity index (χ1) is 10.6. The van der Waals surface area contributed by atoms with E-state index in [2.05, 4.69) is 21.8 Å². The van der Waals surface area contributed by atoms with Gasteiger partial charge in [0.15, 0.2) is 0 Å². The molecular weight excluding hydrogens is 302 g/mol. The van der Waals surface area contributed by atoms with Crippen molar-refractivity contribution >= 4 is 11.6 Å². The third-order valence-corrected chi connectivity index (χ3v) is 3.87. The number of hydrogen-bond donors (Lipinski definition) is 1. The average Bonchev–Trinajstić information content (AvgIpc) is 2.94. The Hall–Kier alpha value is -1.19. The van der Waals surface area contributed by atoms with Crippen LogP contribution >= 0.6 is 11.6 Å². The predicted octanol–water partition coefficient (Wildman–Crippen LogP) is 2.61. The van der Waals surface area contributed by atoms with Crippen LogP contribution in [0.3, 0.4) is 0 Å². The highest BCUT2D eigenvalue weighted by atomic mass is 35.5. The fraction of sp³-hybridized carbons (Fsp3) is 0.625. The zero-order valence-corrected chi connectivity index (χ0v) is 13.8. The van der Waals surface area contributed by atoms with Crippen LogP contribution in [-0.2, 0) is 15.0 Å². The summed E-state index contributed by atoms with van der Waals surface area (Å²) in [5, 5.41) is 0.198. The zero-order valence-electron chi connectivity index (χ0n) is 13.1. The first-order valence-electron chi connectivity index (χ1n) is 7.65. The molecule has 1 aliphatic carbocycles. The average molecular weight is 324 g/mol. The van der Waals surface area contributed by atoms with Gasteiger partial charge in [-0.05, 0) is 44.2 Å². The minimum absolute atomic E-state index is 0.198. The molecule has 1 heterocycles. The maximum absolute atomic E-state index is 6.49. The minimum Gasteiger partial charge on any atom is -0.342 e. The lowest BCUT2D eigenvalue weighted by atomic mass is 9.91. The van der Waals surface area contributed by atoms with E-state index in [1.807, 2.05) is 13.8 Å². The maximum atomic E-state index is 6.49. The SMILES string of the molecule is CCOC(C#Cc1cnc(Cl)nc1C1(N)CCCC1)OCC. The molecule has 0 saturated heterocycles. The highest BCUT2D eigenvalue weighted by Crippen LogP contribution is 2.36. The Labute approximate surface area is 136 Å². The minimum atomic E-state index is -0.559. The third-order valence-electron chi connectivity index (χ3n) is 3.69. The van der Waals surface area contributed by atoms with Gasteiger partial charge >= 0.3 is 0 Å². The molecule has 0 spiro atoms. The normalized spacial score (nSPS) is 16.6. The Morgan fingerprint density at radius 3 is 2.55 bits per heavy atom. The third kappa shape index (κ3) is 4.17. The van der Waals surface area contributed by atoms with Crippen molar-refractivity contribution < 1.29 is 9.47 Å². The number of ether oxygens (including phenoxy) is 2. The van der Waals surface area contributed by atoms with Crippen LogP contribution in [0.2, 0.25) is 5.28 Å². The molecule has 0 aliphatic heterocycles. The summed E-state index contributed by atoms with van der Waals surface area (Å²) < 4.78 is 10.8. The lowest BCUT2D eigenvalue weighted by Gasteiger charge is -2.24. The summed E-state index contributed by atoms with van der Waals surface area (Å²) >= 11 is 5.94. The Morgan fingerprint density at radius 2 is 1.95 bits per heavy atom. The highest BCUT2D eigenvalue weighted by Gasteiger charge is 2.35. The molecule has 5 nitrogen and oxygen atoms in total. The number of nitrogens with zero attached hydrogens (tertiary/aromatic N) is 2. The van der Waals surface area contributed by atoms with Crippen molar-refractivity contribution in [3.63, 3.8) is 0 Å². The smallest absolute Gasteiger partial charge is 0.222 e. The molecule has 1 aromatic heterocycles. The topological polar surface area (TPSA) is 70.3 Å². The van der Waals surface area contributed by atoms with Crippen molar-refractivity contribution in [1.29, 1.82) is 0 Å². The Kier molecular flexibility index (Phi) is 6.16. The summed E-state index contributed by atoms with van der Waals surface area (Å²) in [6.07, 6.45) is 5.01. The van der Waals surface area contributed by atoms with Crippen molar-refractivity contribution in [2.75, 3.05) is 13.2 Å². The van der Waals surface area contributed by atoms with E-state index in [1.165, 1.54) is 0 Å². The molecule has 0 aromatic carbocycles. The van der Waals surface area contributed by atoms with Gasteiger partial charge in [0, 0.05) is 19.4 Å². The summed E-state index contributed by atoms with van der Waals surface area (Å²) in [5.41, 5.74) is 7.44. The fourth-order valence-electron chi connectivity index (χ4n) is 2.64. The van der Waals surface area contributed by atoms with Gasteiger partial charge < -0.3 is 15.2 Å². The van der Waals surface area contributed by atoms with Crippen molar-refractivity contribution in [3.8, 4) is 11.8 Å². The first kappa shape index (κ1) is 17.2. The van der Waals surface area contributed by atoms with Crippen LogP contribution < -0.4 is 5.73 Å². The second-order valence-corrected chi connectivity index (χ2v) is 5.61. The molecule has 22 heavy (non-hydrogen) atoms. The predicted molar refractivity (Wildman–Crippen MR) is 85.3 cm³/mol. The lowest BCUT2D eigenvalue weighted by molar-refractivity contribution is -0.0969. The van der Waals surface area contributed by atoms with E-state index in [-0.39, 0.29) is 5.28 Å². The van der Waals surface area contributed by atoms with E-state index in [0.717, 1.165) is 31.4 Å². The summed E-state index contributed by atoms with van der Waals surface area (Å²) in [7, 11) is 0. The largest absolute Gasteiger partial charge is 0.342 e.